The van der Waals surface area contributed by atoms with Crippen molar-refractivity contribution in [2.45, 2.75) is 34.1 Å². The molecule has 0 aromatic carbocycles. The summed E-state index contributed by atoms with van der Waals surface area (Å²) in [5.74, 6) is 0. The Morgan fingerprint density at radius 3 is 1.96 bits per heavy atom. The number of nitrogens with two attached hydrogens (primary N) is 2. The first kappa shape index (κ1) is 21.8. The topological polar surface area (TPSA) is 127 Å². The van der Waals surface area contributed by atoms with Gasteiger partial charge < -0.3 is 16.6 Å². The van der Waals surface area contributed by atoms with Gasteiger partial charge in [-0.05, 0) is 44.1 Å². The van der Waals surface area contributed by atoms with Crippen molar-refractivity contribution in [3.8, 4) is 0 Å². The van der Waals surface area contributed by atoms with Crippen LogP contribution in [0.1, 0.15) is 34.1 Å². The minimum absolute atomic E-state index is 0.00285. The number of aliphatic hydroxyl groups is 1. The van der Waals surface area contributed by atoms with Crippen molar-refractivity contribution in [3.63, 3.8) is 0 Å². The van der Waals surface area contributed by atoms with Crippen LogP contribution < -0.4 is 11.5 Å². The van der Waals surface area contributed by atoms with E-state index in [1.165, 1.54) is 18.2 Å². The highest BCUT2D eigenvalue weighted by molar-refractivity contribution is 7.90. The van der Waals surface area contributed by atoms with Crippen molar-refractivity contribution in [1.29, 1.82) is 0 Å². The molecule has 7 heteroatoms. The molecule has 0 fully saturated rings. The van der Waals surface area contributed by atoms with Gasteiger partial charge in [0.1, 0.15) is 4.91 Å². The molecule has 2 atom stereocenters. The monoisotopic (exact) mass is 404 g/mol. The fourth-order valence-electron chi connectivity index (χ4n) is 4.15. The lowest BCUT2D eigenvalue weighted by atomic mass is 9.71. The molecule has 2 rings (SSSR count). The van der Waals surface area contributed by atoms with Gasteiger partial charge >= 0.3 is 0 Å². The molecular formula is C21H28N2O4S. The zero-order valence-corrected chi connectivity index (χ0v) is 17.4. The summed E-state index contributed by atoms with van der Waals surface area (Å²) in [6.45, 7) is 7.66. The molecule has 0 aromatic heterocycles. The molecule has 0 saturated carbocycles. The van der Waals surface area contributed by atoms with Gasteiger partial charge in [-0.15, -0.1) is 0 Å². The van der Waals surface area contributed by atoms with Crippen LogP contribution in [-0.4, -0.2) is 18.1 Å². The molecule has 0 amide bonds. The van der Waals surface area contributed by atoms with Gasteiger partial charge in [0.05, 0.1) is 12.0 Å². The molecular weight excluding hydrogens is 376 g/mol. The molecule has 2 aliphatic carbocycles. The van der Waals surface area contributed by atoms with E-state index in [1.54, 1.807) is 0 Å². The zero-order valence-electron chi connectivity index (χ0n) is 16.6. The van der Waals surface area contributed by atoms with E-state index >= 15 is 0 Å². The highest BCUT2D eigenvalue weighted by Gasteiger charge is 2.34. The lowest BCUT2D eigenvalue weighted by molar-refractivity contribution is 0.359. The van der Waals surface area contributed by atoms with Gasteiger partial charge in [-0.1, -0.05) is 49.3 Å². The van der Waals surface area contributed by atoms with E-state index in [1.807, 2.05) is 45.9 Å². The maximum atomic E-state index is 11.9. The second kappa shape index (κ2) is 7.48. The Hall–Kier alpha value is -2.51. The molecule has 152 valence electrons. The molecule has 0 heterocycles. The Bertz CT molecular complexity index is 993. The third kappa shape index (κ3) is 5.05. The number of rotatable bonds is 4. The Morgan fingerprint density at radius 1 is 0.964 bits per heavy atom. The Morgan fingerprint density at radius 2 is 1.46 bits per heavy atom. The fourth-order valence-corrected chi connectivity index (χ4v) is 4.92. The highest BCUT2D eigenvalue weighted by Crippen LogP contribution is 2.44. The third-order valence-electron chi connectivity index (χ3n) is 4.74. The van der Waals surface area contributed by atoms with E-state index < -0.39 is 20.9 Å². The maximum absolute atomic E-state index is 11.9. The van der Waals surface area contributed by atoms with E-state index in [0.29, 0.717) is 17.7 Å². The second-order valence-electron chi connectivity index (χ2n) is 8.06. The second-order valence-corrected chi connectivity index (χ2v) is 9.45. The zero-order chi connectivity index (χ0) is 21.3. The van der Waals surface area contributed by atoms with Crippen LogP contribution in [0, 0.1) is 10.8 Å². The maximum Gasteiger partial charge on any atom is 0.296 e. The van der Waals surface area contributed by atoms with Crippen LogP contribution in [0.25, 0.3) is 0 Å². The Labute approximate surface area is 166 Å². The summed E-state index contributed by atoms with van der Waals surface area (Å²) in [5, 5.41) is 9.21. The summed E-state index contributed by atoms with van der Waals surface area (Å²) in [7, 11) is -4.47. The van der Waals surface area contributed by atoms with Gasteiger partial charge in [-0.3, -0.25) is 4.55 Å². The first-order valence-electron chi connectivity index (χ1n) is 8.85. The van der Waals surface area contributed by atoms with E-state index in [2.05, 4.69) is 6.08 Å². The fraction of sp³-hybridized carbons (Fsp3) is 0.333. The molecule has 0 radical (unpaired) electrons. The summed E-state index contributed by atoms with van der Waals surface area (Å²) in [4.78, 5) is -0.293. The van der Waals surface area contributed by atoms with Crippen LogP contribution in [0.3, 0.4) is 0 Å². The molecule has 6 N–H and O–H groups in total. The molecule has 0 saturated heterocycles. The van der Waals surface area contributed by atoms with E-state index in [0.717, 1.165) is 17.4 Å². The molecule has 0 bridgehead atoms. The van der Waals surface area contributed by atoms with E-state index in [4.69, 9.17) is 11.5 Å². The minimum Gasteiger partial charge on any atom is -0.516 e. The van der Waals surface area contributed by atoms with E-state index in [-0.39, 0.29) is 10.6 Å². The normalized spacial score (nSPS) is 29.0. The highest BCUT2D eigenvalue weighted by atomic mass is 32.2. The van der Waals surface area contributed by atoms with Gasteiger partial charge in [0.2, 0.25) is 0 Å². The standard InChI is InChI=1S/C21H28N2O4S/c1-14-7-17(22)16(5-6-24)11-20(3,9-14)13-21(4)10-15(2)8-18(23)19(12-21)28(25,26)27/h5-12,24H,13,22-23H2,1-4H3,(H,25,26,27)/b6-5+. The van der Waals surface area contributed by atoms with Crippen molar-refractivity contribution in [1.82, 2.24) is 0 Å². The predicted octanol–water partition coefficient (Wildman–Crippen LogP) is 3.76. The Balaban J connectivity index is 2.62. The van der Waals surface area contributed by atoms with E-state index in [9.17, 15) is 18.1 Å². The molecule has 0 aromatic rings. The van der Waals surface area contributed by atoms with Crippen molar-refractivity contribution >= 4 is 10.1 Å². The van der Waals surface area contributed by atoms with Crippen LogP contribution in [0.15, 0.2) is 81.8 Å². The average Bonchev–Trinajstić information content (AvgIpc) is 2.66. The molecule has 0 spiro atoms. The summed E-state index contributed by atoms with van der Waals surface area (Å²) in [5.41, 5.74) is 13.7. The largest absolute Gasteiger partial charge is 0.516 e. The molecule has 2 unspecified atom stereocenters. The summed E-state index contributed by atoms with van der Waals surface area (Å²) >= 11 is 0. The van der Waals surface area contributed by atoms with Crippen LogP contribution in [0.2, 0.25) is 0 Å². The van der Waals surface area contributed by atoms with Gasteiger partial charge in [-0.25, -0.2) is 0 Å². The smallest absolute Gasteiger partial charge is 0.296 e. The lowest BCUT2D eigenvalue weighted by Crippen LogP contribution is -2.24. The van der Waals surface area contributed by atoms with Gasteiger partial charge in [-0.2, -0.15) is 8.42 Å². The summed E-state index contributed by atoms with van der Waals surface area (Å²) < 4.78 is 33.4. The number of aliphatic hydroxyl groups excluding tert-OH is 1. The SMILES string of the molecule is CC1=CC(C)(CC2(C)C=C(C)C=C(N)C(S(=O)(=O)O)=C2)C=C(/C=C/O)C(N)=C1. The van der Waals surface area contributed by atoms with Crippen LogP contribution >= 0.6 is 0 Å². The molecule has 28 heavy (non-hydrogen) atoms. The van der Waals surface area contributed by atoms with Crippen molar-refractivity contribution in [2.24, 2.45) is 22.3 Å². The minimum atomic E-state index is -4.47. The molecule has 6 nitrogen and oxygen atoms in total. The van der Waals surface area contributed by atoms with Crippen LogP contribution in [-0.2, 0) is 10.1 Å². The lowest BCUT2D eigenvalue weighted by Gasteiger charge is -2.33. The first-order chi connectivity index (χ1) is 12.8. The van der Waals surface area contributed by atoms with Gasteiger partial charge in [0.15, 0.2) is 0 Å². The van der Waals surface area contributed by atoms with Gasteiger partial charge in [0.25, 0.3) is 10.1 Å². The number of hydrogen-bond donors (Lipinski definition) is 4. The summed E-state index contributed by atoms with van der Waals surface area (Å²) in [6, 6.07) is 0. The molecule has 0 aliphatic heterocycles. The van der Waals surface area contributed by atoms with Crippen molar-refractivity contribution in [2.75, 3.05) is 0 Å². The average molecular weight is 405 g/mol. The van der Waals surface area contributed by atoms with Crippen molar-refractivity contribution in [3.05, 3.63) is 81.8 Å². The van der Waals surface area contributed by atoms with Crippen molar-refractivity contribution < 1.29 is 18.1 Å². The third-order valence-corrected chi connectivity index (χ3v) is 5.65. The number of hydrogen-bond acceptors (Lipinski definition) is 5. The Kier molecular flexibility index (Phi) is 5.82. The first-order valence-corrected chi connectivity index (χ1v) is 10.3. The van der Waals surface area contributed by atoms with Crippen LogP contribution in [0.4, 0.5) is 0 Å². The van der Waals surface area contributed by atoms with Crippen LogP contribution in [0.5, 0.6) is 0 Å². The quantitative estimate of drug-likeness (QED) is 0.417. The number of allylic oxidation sites excluding steroid dienone is 9. The summed E-state index contributed by atoms with van der Waals surface area (Å²) in [6.07, 6.45) is 13.7. The molecule has 2 aliphatic rings. The van der Waals surface area contributed by atoms with Gasteiger partial charge in [0, 0.05) is 16.5 Å². The predicted molar refractivity (Wildman–Crippen MR) is 112 cm³/mol.